The number of hydrogen-bond donors (Lipinski definition) is 1. The summed E-state index contributed by atoms with van der Waals surface area (Å²) in [5.74, 6) is -0.498. The van der Waals surface area contributed by atoms with Gasteiger partial charge in [0.05, 0.1) is 5.54 Å². The first-order chi connectivity index (χ1) is 12.0. The van der Waals surface area contributed by atoms with Crippen molar-refractivity contribution in [1.82, 2.24) is 10.4 Å². The van der Waals surface area contributed by atoms with Crippen LogP contribution in [0.4, 0.5) is 0 Å². The zero-order chi connectivity index (χ0) is 19.6. The van der Waals surface area contributed by atoms with Crippen LogP contribution in [0.2, 0.25) is 0 Å². The largest absolute Gasteiger partial charge is 0.272 e. The lowest BCUT2D eigenvalue weighted by molar-refractivity contribution is 0.0358. The molecular weight excluding hydrogens is 324 g/mol. The van der Waals surface area contributed by atoms with Crippen LogP contribution >= 0.6 is 0 Å². The van der Waals surface area contributed by atoms with Crippen molar-refractivity contribution in [2.75, 3.05) is 0 Å². The first-order valence-corrected chi connectivity index (χ1v) is 8.81. The van der Waals surface area contributed by atoms with Gasteiger partial charge in [-0.15, -0.1) is 0 Å². The number of rotatable bonds is 2. The Hall–Kier alpha value is -2.62. The Morgan fingerprint density at radius 1 is 0.923 bits per heavy atom. The maximum atomic E-state index is 13.1. The maximum Gasteiger partial charge on any atom is 0.272 e. The number of carbonyl (C=O) groups is 2. The van der Waals surface area contributed by atoms with Crippen molar-refractivity contribution < 1.29 is 9.59 Å². The van der Waals surface area contributed by atoms with E-state index in [0.717, 1.165) is 22.3 Å². The summed E-state index contributed by atoms with van der Waals surface area (Å²) in [5.41, 5.74) is 7.39. The second-order valence-electron chi connectivity index (χ2n) is 7.88. The first-order valence-electron chi connectivity index (χ1n) is 8.81. The van der Waals surface area contributed by atoms with Crippen LogP contribution in [0.1, 0.15) is 63.7 Å². The lowest BCUT2D eigenvalue weighted by Crippen LogP contribution is -2.56. The Balaban J connectivity index is 2.38. The summed E-state index contributed by atoms with van der Waals surface area (Å²) in [6.07, 6.45) is 0. The van der Waals surface area contributed by atoms with E-state index < -0.39 is 5.54 Å². The predicted molar refractivity (Wildman–Crippen MR) is 105 cm³/mol. The molecule has 4 nitrogen and oxygen atoms in total. The van der Waals surface area contributed by atoms with Crippen LogP contribution in [0.5, 0.6) is 0 Å². The predicted octanol–water partition coefficient (Wildman–Crippen LogP) is 4.51. The third-order valence-corrected chi connectivity index (χ3v) is 4.41. The van der Waals surface area contributed by atoms with Gasteiger partial charge in [-0.3, -0.25) is 15.0 Å². The van der Waals surface area contributed by atoms with E-state index in [0.29, 0.717) is 11.1 Å². The van der Waals surface area contributed by atoms with E-state index in [2.05, 4.69) is 5.43 Å². The molecule has 0 aliphatic carbocycles. The fraction of sp³-hybridized carbons (Fsp3) is 0.364. The van der Waals surface area contributed by atoms with Gasteiger partial charge in [-0.25, -0.2) is 5.01 Å². The molecule has 2 aromatic rings. The molecule has 0 aliphatic rings. The number of benzene rings is 2. The lowest BCUT2D eigenvalue weighted by Gasteiger charge is -2.35. The average molecular weight is 352 g/mol. The van der Waals surface area contributed by atoms with E-state index >= 15 is 0 Å². The van der Waals surface area contributed by atoms with Gasteiger partial charge in [-0.05, 0) is 77.8 Å². The van der Waals surface area contributed by atoms with Crippen molar-refractivity contribution in [1.29, 1.82) is 0 Å². The molecule has 26 heavy (non-hydrogen) atoms. The maximum absolute atomic E-state index is 13.1. The fourth-order valence-electron chi connectivity index (χ4n) is 2.91. The summed E-state index contributed by atoms with van der Waals surface area (Å²) in [6, 6.07) is 11.3. The highest BCUT2D eigenvalue weighted by molar-refractivity contribution is 6.00. The Bertz CT molecular complexity index is 827. The minimum Gasteiger partial charge on any atom is -0.267 e. The van der Waals surface area contributed by atoms with Crippen LogP contribution in [0.15, 0.2) is 36.4 Å². The van der Waals surface area contributed by atoms with Crippen LogP contribution < -0.4 is 5.43 Å². The van der Waals surface area contributed by atoms with Gasteiger partial charge in [-0.2, -0.15) is 0 Å². The number of carbonyl (C=O) groups excluding carboxylic acids is 2. The molecule has 1 N–H and O–H groups in total. The van der Waals surface area contributed by atoms with E-state index in [1.165, 1.54) is 5.01 Å². The Labute approximate surface area is 156 Å². The van der Waals surface area contributed by atoms with Crippen molar-refractivity contribution in [2.45, 2.75) is 54.0 Å². The van der Waals surface area contributed by atoms with Crippen molar-refractivity contribution in [3.05, 3.63) is 69.8 Å². The normalized spacial score (nSPS) is 11.2. The molecule has 4 heteroatoms. The molecule has 0 bridgehead atoms. The molecule has 0 atom stereocenters. The van der Waals surface area contributed by atoms with Gasteiger partial charge in [0.1, 0.15) is 0 Å². The van der Waals surface area contributed by atoms with E-state index in [9.17, 15) is 9.59 Å². The molecule has 2 rings (SSSR count). The molecule has 0 heterocycles. The highest BCUT2D eigenvalue weighted by atomic mass is 16.2. The number of aryl methyl sites for hydroxylation is 3. The molecule has 0 saturated heterocycles. The van der Waals surface area contributed by atoms with E-state index in [-0.39, 0.29) is 11.8 Å². The quantitative estimate of drug-likeness (QED) is 0.809. The molecule has 2 aromatic carbocycles. The van der Waals surface area contributed by atoms with Crippen LogP contribution in [0.25, 0.3) is 0 Å². The third-order valence-electron chi connectivity index (χ3n) is 4.41. The molecule has 0 aromatic heterocycles. The minimum absolute atomic E-state index is 0.219. The SMILES string of the molecule is Cc1cc(C)cc(C(=O)N(NC(=O)c2cccc(C)c2C)C(C)(C)C)c1. The number of nitrogens with zero attached hydrogens (tertiary/aromatic N) is 1. The fourth-order valence-corrected chi connectivity index (χ4v) is 2.91. The zero-order valence-corrected chi connectivity index (χ0v) is 16.7. The third kappa shape index (κ3) is 4.31. The second kappa shape index (κ2) is 7.32. The molecular formula is C22H28N2O2. The summed E-state index contributed by atoms with van der Waals surface area (Å²) in [7, 11) is 0. The topological polar surface area (TPSA) is 49.4 Å². The number of hydrazine groups is 1. The Kier molecular flexibility index (Phi) is 5.55. The summed E-state index contributed by atoms with van der Waals surface area (Å²) >= 11 is 0. The smallest absolute Gasteiger partial charge is 0.267 e. The monoisotopic (exact) mass is 352 g/mol. The second-order valence-corrected chi connectivity index (χ2v) is 7.88. The van der Waals surface area contributed by atoms with Crippen molar-refractivity contribution in [2.24, 2.45) is 0 Å². The number of hydrogen-bond acceptors (Lipinski definition) is 2. The molecule has 2 amide bonds. The van der Waals surface area contributed by atoms with Gasteiger partial charge in [0.15, 0.2) is 0 Å². The zero-order valence-electron chi connectivity index (χ0n) is 16.7. The first kappa shape index (κ1) is 19.7. The minimum atomic E-state index is -0.567. The van der Waals surface area contributed by atoms with Gasteiger partial charge < -0.3 is 0 Å². The van der Waals surface area contributed by atoms with Crippen molar-refractivity contribution in [3.63, 3.8) is 0 Å². The number of nitrogens with one attached hydrogen (secondary N) is 1. The molecule has 0 fully saturated rings. The number of amides is 2. The van der Waals surface area contributed by atoms with Crippen molar-refractivity contribution in [3.8, 4) is 0 Å². The van der Waals surface area contributed by atoms with Crippen LogP contribution in [0, 0.1) is 27.7 Å². The molecule has 0 saturated carbocycles. The van der Waals surface area contributed by atoms with Gasteiger partial charge in [-0.1, -0.05) is 29.3 Å². The van der Waals surface area contributed by atoms with Crippen LogP contribution in [0.3, 0.4) is 0 Å². The van der Waals surface area contributed by atoms with Gasteiger partial charge >= 0.3 is 0 Å². The molecule has 0 radical (unpaired) electrons. The highest BCUT2D eigenvalue weighted by Crippen LogP contribution is 2.19. The molecule has 0 aliphatic heterocycles. The standard InChI is InChI=1S/C22H28N2O2/c1-14-11-15(2)13-18(12-14)21(26)24(22(5,6)7)23-20(25)19-10-8-9-16(3)17(19)4/h8-13H,1-7H3,(H,23,25). The summed E-state index contributed by atoms with van der Waals surface area (Å²) < 4.78 is 0. The van der Waals surface area contributed by atoms with Gasteiger partial charge in [0, 0.05) is 11.1 Å². The van der Waals surface area contributed by atoms with Gasteiger partial charge in [0.25, 0.3) is 11.8 Å². The summed E-state index contributed by atoms with van der Waals surface area (Å²) in [5, 5.41) is 1.42. The van der Waals surface area contributed by atoms with Crippen LogP contribution in [-0.2, 0) is 0 Å². The Morgan fingerprint density at radius 2 is 1.50 bits per heavy atom. The molecule has 0 unspecified atom stereocenters. The average Bonchev–Trinajstić information content (AvgIpc) is 2.52. The Morgan fingerprint density at radius 3 is 2.04 bits per heavy atom. The van der Waals surface area contributed by atoms with E-state index in [1.54, 1.807) is 6.07 Å². The molecule has 138 valence electrons. The lowest BCUT2D eigenvalue weighted by atomic mass is 10.0. The highest BCUT2D eigenvalue weighted by Gasteiger charge is 2.30. The van der Waals surface area contributed by atoms with Crippen LogP contribution in [-0.4, -0.2) is 22.4 Å². The van der Waals surface area contributed by atoms with E-state index in [4.69, 9.17) is 0 Å². The van der Waals surface area contributed by atoms with Gasteiger partial charge in [0.2, 0.25) is 0 Å². The molecule has 0 spiro atoms. The summed E-state index contributed by atoms with van der Waals surface area (Å²) in [4.78, 5) is 26.0. The van der Waals surface area contributed by atoms with E-state index in [1.807, 2.05) is 78.8 Å². The van der Waals surface area contributed by atoms with Crippen molar-refractivity contribution >= 4 is 11.8 Å². The summed E-state index contributed by atoms with van der Waals surface area (Å²) in [6.45, 7) is 13.5.